The number of carbonyl (C=O) groups excluding carboxylic acids is 2. The van der Waals surface area contributed by atoms with Crippen molar-refractivity contribution in [2.75, 3.05) is 11.9 Å². The van der Waals surface area contributed by atoms with Crippen molar-refractivity contribution in [3.05, 3.63) is 39.7 Å². The SMILES string of the molecule is Cc1nn(CC(=O)OCC(=O)Nc2cccc3nsnc23)c(C)c1[N+](=O)[O-]. The first-order valence-electron chi connectivity index (χ1n) is 7.72. The van der Waals surface area contributed by atoms with Crippen LogP contribution in [-0.2, 0) is 20.9 Å². The van der Waals surface area contributed by atoms with E-state index in [1.165, 1.54) is 18.5 Å². The third-order valence-corrected chi connectivity index (χ3v) is 4.27. The predicted molar refractivity (Wildman–Crippen MR) is 95.4 cm³/mol. The number of hydrogen-bond donors (Lipinski definition) is 1. The minimum absolute atomic E-state index is 0.148. The lowest BCUT2D eigenvalue weighted by Crippen LogP contribution is -2.23. The van der Waals surface area contributed by atoms with Gasteiger partial charge in [-0.1, -0.05) is 6.07 Å². The highest BCUT2D eigenvalue weighted by molar-refractivity contribution is 7.00. The number of amides is 1. The number of fused-ring (bicyclic) bond motifs is 1. The van der Waals surface area contributed by atoms with Crippen LogP contribution in [0.25, 0.3) is 11.0 Å². The Morgan fingerprint density at radius 3 is 2.81 bits per heavy atom. The number of anilines is 1. The van der Waals surface area contributed by atoms with Crippen LogP contribution in [0, 0.1) is 24.0 Å². The number of nitrogens with one attached hydrogen (secondary N) is 1. The topological polar surface area (TPSA) is 142 Å². The number of benzene rings is 1. The lowest BCUT2D eigenvalue weighted by Gasteiger charge is -2.07. The van der Waals surface area contributed by atoms with E-state index in [-0.39, 0.29) is 23.6 Å². The van der Waals surface area contributed by atoms with Crippen LogP contribution in [0.4, 0.5) is 11.4 Å². The smallest absolute Gasteiger partial charge is 0.328 e. The van der Waals surface area contributed by atoms with Gasteiger partial charge >= 0.3 is 11.7 Å². The van der Waals surface area contributed by atoms with Gasteiger partial charge in [-0.05, 0) is 26.0 Å². The molecule has 0 aliphatic heterocycles. The summed E-state index contributed by atoms with van der Waals surface area (Å²) in [7, 11) is 0. The van der Waals surface area contributed by atoms with E-state index >= 15 is 0 Å². The number of nitro groups is 1. The summed E-state index contributed by atoms with van der Waals surface area (Å²) >= 11 is 1.03. The maximum atomic E-state index is 12.0. The van der Waals surface area contributed by atoms with Gasteiger partial charge in [0.2, 0.25) is 0 Å². The van der Waals surface area contributed by atoms with E-state index in [9.17, 15) is 19.7 Å². The van der Waals surface area contributed by atoms with E-state index in [1.54, 1.807) is 18.2 Å². The molecule has 0 aliphatic rings. The van der Waals surface area contributed by atoms with Gasteiger partial charge in [0.1, 0.15) is 29.0 Å². The van der Waals surface area contributed by atoms with Gasteiger partial charge < -0.3 is 10.1 Å². The number of rotatable bonds is 6. The second kappa shape index (κ2) is 7.45. The van der Waals surface area contributed by atoms with Crippen LogP contribution < -0.4 is 5.32 Å². The zero-order chi connectivity index (χ0) is 19.6. The summed E-state index contributed by atoms with van der Waals surface area (Å²) in [4.78, 5) is 34.4. The Kier molecular flexibility index (Phi) is 5.07. The van der Waals surface area contributed by atoms with E-state index in [0.717, 1.165) is 11.7 Å². The second-order valence-electron chi connectivity index (χ2n) is 5.58. The summed E-state index contributed by atoms with van der Waals surface area (Å²) in [6, 6.07) is 5.15. The minimum Gasteiger partial charge on any atom is -0.454 e. The van der Waals surface area contributed by atoms with Crippen molar-refractivity contribution in [2.24, 2.45) is 0 Å². The fraction of sp³-hybridized carbons (Fsp3) is 0.267. The molecule has 0 spiro atoms. The molecule has 3 rings (SSSR count). The Bertz CT molecular complexity index is 1040. The van der Waals surface area contributed by atoms with Crippen LogP contribution in [0.5, 0.6) is 0 Å². The van der Waals surface area contributed by atoms with Gasteiger partial charge in [0.25, 0.3) is 5.91 Å². The first kappa shape index (κ1) is 18.4. The molecule has 3 aromatic rings. The zero-order valence-corrected chi connectivity index (χ0v) is 15.1. The number of esters is 1. The van der Waals surface area contributed by atoms with Gasteiger partial charge in [-0.25, -0.2) is 0 Å². The van der Waals surface area contributed by atoms with E-state index in [4.69, 9.17) is 4.74 Å². The summed E-state index contributed by atoms with van der Waals surface area (Å²) in [5, 5.41) is 17.5. The average molecular weight is 390 g/mol. The highest BCUT2D eigenvalue weighted by Crippen LogP contribution is 2.22. The minimum atomic E-state index is -0.737. The molecule has 0 radical (unpaired) electrons. The van der Waals surface area contributed by atoms with Crippen molar-refractivity contribution in [3.8, 4) is 0 Å². The number of hydrogen-bond acceptors (Lipinski definition) is 9. The van der Waals surface area contributed by atoms with Crippen LogP contribution in [-0.4, -0.2) is 41.9 Å². The number of nitrogens with zero attached hydrogens (tertiary/aromatic N) is 5. The standard InChI is InChI=1S/C15H14N6O5S/c1-8-15(21(24)25)9(2)20(17-8)6-13(23)26-7-12(22)16-10-4-3-5-11-14(10)19-27-18-11/h3-5H,6-7H2,1-2H3,(H,16,22). The van der Waals surface area contributed by atoms with Gasteiger partial charge in [-0.15, -0.1) is 0 Å². The predicted octanol–water partition coefficient (Wildman–Crippen LogP) is 1.59. The Hall–Kier alpha value is -3.41. The third kappa shape index (κ3) is 3.89. The van der Waals surface area contributed by atoms with Crippen molar-refractivity contribution >= 4 is 46.0 Å². The number of aromatic nitrogens is 4. The molecule has 0 unspecified atom stereocenters. The van der Waals surface area contributed by atoms with E-state index in [2.05, 4.69) is 19.2 Å². The Morgan fingerprint density at radius 2 is 2.11 bits per heavy atom. The molecule has 12 heteroatoms. The Labute approximate surface area is 156 Å². The number of carbonyl (C=O) groups is 2. The zero-order valence-electron chi connectivity index (χ0n) is 14.3. The number of ether oxygens (including phenoxy) is 1. The monoisotopic (exact) mass is 390 g/mol. The molecule has 0 fully saturated rings. The van der Waals surface area contributed by atoms with Crippen molar-refractivity contribution in [1.82, 2.24) is 18.5 Å². The molecule has 1 N–H and O–H groups in total. The normalized spacial score (nSPS) is 10.7. The lowest BCUT2D eigenvalue weighted by atomic mass is 10.2. The molecule has 0 aliphatic carbocycles. The van der Waals surface area contributed by atoms with Crippen LogP contribution in [0.3, 0.4) is 0 Å². The fourth-order valence-corrected chi connectivity index (χ4v) is 3.06. The average Bonchev–Trinajstić information content (AvgIpc) is 3.18. The summed E-state index contributed by atoms with van der Waals surface area (Å²) in [5.74, 6) is -1.28. The van der Waals surface area contributed by atoms with E-state index < -0.39 is 23.4 Å². The molecule has 11 nitrogen and oxygen atoms in total. The second-order valence-corrected chi connectivity index (χ2v) is 6.11. The first-order chi connectivity index (χ1) is 12.9. The van der Waals surface area contributed by atoms with Crippen molar-refractivity contribution in [2.45, 2.75) is 20.4 Å². The summed E-state index contributed by atoms with van der Waals surface area (Å²) < 4.78 is 14.3. The largest absolute Gasteiger partial charge is 0.454 e. The molecule has 140 valence electrons. The van der Waals surface area contributed by atoms with Crippen molar-refractivity contribution < 1.29 is 19.2 Å². The molecular weight excluding hydrogens is 376 g/mol. The van der Waals surface area contributed by atoms with Crippen LogP contribution in [0.15, 0.2) is 18.2 Å². The van der Waals surface area contributed by atoms with Crippen LogP contribution in [0.1, 0.15) is 11.4 Å². The summed E-state index contributed by atoms with van der Waals surface area (Å²) in [5.41, 5.74) is 1.97. The van der Waals surface area contributed by atoms with Crippen LogP contribution >= 0.6 is 11.7 Å². The molecule has 0 saturated carbocycles. The molecule has 0 saturated heterocycles. The van der Waals surface area contributed by atoms with E-state index in [1.807, 2.05) is 0 Å². The molecule has 2 heterocycles. The van der Waals surface area contributed by atoms with Crippen molar-refractivity contribution in [1.29, 1.82) is 0 Å². The lowest BCUT2D eigenvalue weighted by molar-refractivity contribution is -0.386. The van der Waals surface area contributed by atoms with Gasteiger partial charge in [0.05, 0.1) is 22.3 Å². The molecule has 1 aromatic carbocycles. The quantitative estimate of drug-likeness (QED) is 0.380. The molecular formula is C15H14N6O5S. The Morgan fingerprint density at radius 1 is 1.33 bits per heavy atom. The highest BCUT2D eigenvalue weighted by atomic mass is 32.1. The van der Waals surface area contributed by atoms with Gasteiger partial charge in [0.15, 0.2) is 6.61 Å². The Balaban J connectivity index is 1.58. The third-order valence-electron chi connectivity index (χ3n) is 3.73. The maximum absolute atomic E-state index is 12.0. The van der Waals surface area contributed by atoms with Gasteiger partial charge in [-0.3, -0.25) is 24.4 Å². The number of aryl methyl sites for hydroxylation is 1. The van der Waals surface area contributed by atoms with Crippen molar-refractivity contribution in [3.63, 3.8) is 0 Å². The summed E-state index contributed by atoms with van der Waals surface area (Å²) in [6.07, 6.45) is 0. The fourth-order valence-electron chi connectivity index (χ4n) is 2.51. The van der Waals surface area contributed by atoms with Gasteiger partial charge in [0, 0.05) is 0 Å². The molecule has 2 aromatic heterocycles. The summed E-state index contributed by atoms with van der Waals surface area (Å²) in [6.45, 7) is 2.13. The molecule has 27 heavy (non-hydrogen) atoms. The van der Waals surface area contributed by atoms with Gasteiger partial charge in [-0.2, -0.15) is 13.8 Å². The van der Waals surface area contributed by atoms with E-state index in [0.29, 0.717) is 16.7 Å². The maximum Gasteiger partial charge on any atom is 0.328 e. The van der Waals surface area contributed by atoms with Crippen LogP contribution in [0.2, 0.25) is 0 Å². The molecule has 1 amide bonds. The molecule has 0 atom stereocenters. The first-order valence-corrected chi connectivity index (χ1v) is 8.45. The highest BCUT2D eigenvalue weighted by Gasteiger charge is 2.23. The molecule has 0 bridgehead atoms.